The monoisotopic (exact) mass is 272 g/mol. The fraction of sp³-hybridized carbons (Fsp3) is 0.333. The largest absolute Gasteiger partial charge is 0.329 e. The Balaban J connectivity index is 1.84. The minimum atomic E-state index is 0.123. The zero-order chi connectivity index (χ0) is 13.2. The lowest BCUT2D eigenvalue weighted by molar-refractivity contribution is 0.0735. The van der Waals surface area contributed by atoms with Crippen LogP contribution in [0.5, 0.6) is 0 Å². The molecule has 1 aromatic heterocycles. The van der Waals surface area contributed by atoms with Crippen LogP contribution in [-0.4, -0.2) is 22.3 Å². The third-order valence-electron chi connectivity index (χ3n) is 3.55. The van der Waals surface area contributed by atoms with Gasteiger partial charge in [-0.1, -0.05) is 17.7 Å². The second-order valence-electron chi connectivity index (χ2n) is 4.89. The van der Waals surface area contributed by atoms with Gasteiger partial charge in [0.15, 0.2) is 0 Å². The van der Waals surface area contributed by atoms with Gasteiger partial charge in [0, 0.05) is 23.7 Å². The number of carbonyl (C=O) groups excluding carboxylic acids is 1. The zero-order valence-electron chi connectivity index (χ0n) is 10.9. The summed E-state index contributed by atoms with van der Waals surface area (Å²) in [4.78, 5) is 18.9. The molecule has 19 heavy (non-hydrogen) atoms. The molecule has 1 atom stereocenters. The second-order valence-corrected chi connectivity index (χ2v) is 5.82. The van der Waals surface area contributed by atoms with E-state index in [2.05, 4.69) is 4.98 Å². The number of benzene rings is 1. The molecule has 1 saturated heterocycles. The summed E-state index contributed by atoms with van der Waals surface area (Å²) in [7, 11) is 0. The minimum Gasteiger partial charge on any atom is -0.329 e. The normalized spacial score (nSPS) is 18.8. The minimum absolute atomic E-state index is 0.123. The third-order valence-corrected chi connectivity index (χ3v) is 4.43. The van der Waals surface area contributed by atoms with Gasteiger partial charge in [-0.25, -0.2) is 4.98 Å². The van der Waals surface area contributed by atoms with Crippen LogP contribution in [0.1, 0.15) is 39.8 Å². The van der Waals surface area contributed by atoms with Gasteiger partial charge in [0.05, 0.1) is 6.04 Å². The Morgan fingerprint density at radius 2 is 2.16 bits per heavy atom. The Kier molecular flexibility index (Phi) is 3.34. The Hall–Kier alpha value is -1.68. The van der Waals surface area contributed by atoms with Crippen molar-refractivity contribution in [1.29, 1.82) is 0 Å². The molecule has 2 heterocycles. The van der Waals surface area contributed by atoms with Gasteiger partial charge in [0.1, 0.15) is 5.01 Å². The molecule has 1 amide bonds. The molecule has 0 aliphatic carbocycles. The predicted molar refractivity (Wildman–Crippen MR) is 76.3 cm³/mol. The average molecular weight is 272 g/mol. The fourth-order valence-electron chi connectivity index (χ4n) is 2.53. The van der Waals surface area contributed by atoms with E-state index < -0.39 is 0 Å². The van der Waals surface area contributed by atoms with Crippen LogP contribution in [0.2, 0.25) is 0 Å². The van der Waals surface area contributed by atoms with Crippen molar-refractivity contribution in [2.75, 3.05) is 6.54 Å². The Morgan fingerprint density at radius 1 is 1.37 bits per heavy atom. The molecule has 1 aliphatic rings. The summed E-state index contributed by atoms with van der Waals surface area (Å²) >= 11 is 1.63. The predicted octanol–water partition coefficient (Wildman–Crippen LogP) is 3.43. The highest BCUT2D eigenvalue weighted by atomic mass is 32.1. The second kappa shape index (κ2) is 5.13. The van der Waals surface area contributed by atoms with E-state index in [1.165, 1.54) is 5.56 Å². The van der Waals surface area contributed by atoms with Crippen LogP contribution in [0.4, 0.5) is 0 Å². The van der Waals surface area contributed by atoms with E-state index in [4.69, 9.17) is 0 Å². The van der Waals surface area contributed by atoms with Gasteiger partial charge in [-0.15, -0.1) is 11.3 Å². The number of amides is 1. The number of carbonyl (C=O) groups is 1. The van der Waals surface area contributed by atoms with Crippen LogP contribution < -0.4 is 0 Å². The van der Waals surface area contributed by atoms with E-state index in [0.717, 1.165) is 30.0 Å². The maximum atomic E-state index is 12.6. The summed E-state index contributed by atoms with van der Waals surface area (Å²) in [5.41, 5.74) is 1.95. The molecule has 0 saturated carbocycles. The molecule has 0 bridgehead atoms. The Morgan fingerprint density at radius 3 is 2.84 bits per heavy atom. The van der Waals surface area contributed by atoms with Crippen LogP contribution in [0.15, 0.2) is 35.8 Å². The fourth-order valence-corrected chi connectivity index (χ4v) is 3.31. The average Bonchev–Trinajstić information content (AvgIpc) is 3.09. The van der Waals surface area contributed by atoms with Crippen molar-refractivity contribution in [3.8, 4) is 0 Å². The van der Waals surface area contributed by atoms with Crippen molar-refractivity contribution in [3.63, 3.8) is 0 Å². The first-order valence-electron chi connectivity index (χ1n) is 6.53. The van der Waals surface area contributed by atoms with Crippen LogP contribution in [0.3, 0.4) is 0 Å². The topological polar surface area (TPSA) is 33.2 Å². The molecule has 0 spiro atoms. The molecule has 1 unspecified atom stereocenters. The molecule has 2 aromatic rings. The number of aryl methyl sites for hydroxylation is 1. The first-order valence-corrected chi connectivity index (χ1v) is 7.41. The van der Waals surface area contributed by atoms with E-state index >= 15 is 0 Å². The van der Waals surface area contributed by atoms with E-state index in [-0.39, 0.29) is 11.9 Å². The van der Waals surface area contributed by atoms with Crippen molar-refractivity contribution in [2.24, 2.45) is 0 Å². The molecule has 1 aliphatic heterocycles. The summed E-state index contributed by atoms with van der Waals surface area (Å²) in [6, 6.07) is 7.96. The van der Waals surface area contributed by atoms with Gasteiger partial charge in [-0.3, -0.25) is 4.79 Å². The van der Waals surface area contributed by atoms with E-state index in [9.17, 15) is 4.79 Å². The van der Waals surface area contributed by atoms with Crippen molar-refractivity contribution in [3.05, 3.63) is 52.0 Å². The lowest BCUT2D eigenvalue weighted by Gasteiger charge is -2.23. The molecule has 0 N–H and O–H groups in total. The van der Waals surface area contributed by atoms with Crippen LogP contribution in [-0.2, 0) is 0 Å². The third kappa shape index (κ3) is 2.40. The lowest BCUT2D eigenvalue weighted by atomic mass is 10.1. The smallest absolute Gasteiger partial charge is 0.254 e. The summed E-state index contributed by atoms with van der Waals surface area (Å²) in [5, 5.41) is 3.03. The summed E-state index contributed by atoms with van der Waals surface area (Å²) in [6.45, 7) is 2.86. The number of hydrogen-bond donors (Lipinski definition) is 0. The van der Waals surface area contributed by atoms with Gasteiger partial charge >= 0.3 is 0 Å². The van der Waals surface area contributed by atoms with E-state index in [0.29, 0.717) is 0 Å². The molecule has 98 valence electrons. The molecule has 3 rings (SSSR count). The number of likely N-dealkylation sites (tertiary alicyclic amines) is 1. The highest BCUT2D eigenvalue weighted by Gasteiger charge is 2.31. The van der Waals surface area contributed by atoms with Crippen LogP contribution in [0.25, 0.3) is 0 Å². The summed E-state index contributed by atoms with van der Waals surface area (Å²) < 4.78 is 0. The molecule has 1 aromatic carbocycles. The van der Waals surface area contributed by atoms with Crippen molar-refractivity contribution < 1.29 is 4.79 Å². The highest BCUT2D eigenvalue weighted by molar-refractivity contribution is 7.09. The summed E-state index contributed by atoms with van der Waals surface area (Å²) in [5.74, 6) is 0.123. The molecule has 3 nitrogen and oxygen atoms in total. The molecule has 4 heteroatoms. The lowest BCUT2D eigenvalue weighted by Crippen LogP contribution is -2.30. The molecular weight excluding hydrogens is 256 g/mol. The molecule has 0 radical (unpaired) electrons. The van der Waals surface area contributed by atoms with Gasteiger partial charge in [-0.2, -0.15) is 0 Å². The van der Waals surface area contributed by atoms with Crippen molar-refractivity contribution >= 4 is 17.2 Å². The van der Waals surface area contributed by atoms with Crippen molar-refractivity contribution in [1.82, 2.24) is 9.88 Å². The molecular formula is C15H16N2OS. The first-order chi connectivity index (χ1) is 9.25. The number of rotatable bonds is 2. The first kappa shape index (κ1) is 12.4. The van der Waals surface area contributed by atoms with Crippen LogP contribution in [0, 0.1) is 6.92 Å². The van der Waals surface area contributed by atoms with Gasteiger partial charge in [-0.05, 0) is 31.9 Å². The number of hydrogen-bond acceptors (Lipinski definition) is 3. The Bertz CT molecular complexity index is 562. The van der Waals surface area contributed by atoms with Crippen molar-refractivity contribution in [2.45, 2.75) is 25.8 Å². The molecule has 1 fully saturated rings. The van der Waals surface area contributed by atoms with E-state index in [1.807, 2.05) is 47.7 Å². The van der Waals surface area contributed by atoms with Gasteiger partial charge in [0.25, 0.3) is 5.91 Å². The standard InChI is InChI=1S/C15H16N2OS/c1-11-4-6-12(7-5-11)15(18)17-9-2-3-13(17)14-16-8-10-19-14/h4-8,10,13H,2-3,9H2,1H3. The number of nitrogens with zero attached hydrogens (tertiary/aromatic N) is 2. The van der Waals surface area contributed by atoms with Crippen LogP contribution >= 0.6 is 11.3 Å². The SMILES string of the molecule is Cc1ccc(C(=O)N2CCCC2c2nccs2)cc1. The maximum absolute atomic E-state index is 12.6. The number of thiazole rings is 1. The summed E-state index contributed by atoms with van der Waals surface area (Å²) in [6.07, 6.45) is 3.89. The maximum Gasteiger partial charge on any atom is 0.254 e. The van der Waals surface area contributed by atoms with Gasteiger partial charge < -0.3 is 4.90 Å². The Labute approximate surface area is 116 Å². The quantitative estimate of drug-likeness (QED) is 0.839. The highest BCUT2D eigenvalue weighted by Crippen LogP contribution is 2.34. The number of aromatic nitrogens is 1. The van der Waals surface area contributed by atoms with Gasteiger partial charge in [0.2, 0.25) is 0 Å². The zero-order valence-corrected chi connectivity index (χ0v) is 11.7. The van der Waals surface area contributed by atoms with E-state index in [1.54, 1.807) is 11.3 Å².